The van der Waals surface area contributed by atoms with Crippen molar-refractivity contribution in [1.29, 1.82) is 0 Å². The van der Waals surface area contributed by atoms with E-state index in [-0.39, 0.29) is 4.45 Å². The molecule has 0 aromatic carbocycles. The Morgan fingerprint density at radius 1 is 1.35 bits per heavy atom. The number of dihydropyridines is 1. The Bertz CT molecular complexity index is 451. The van der Waals surface area contributed by atoms with Crippen molar-refractivity contribution < 1.29 is 0 Å². The van der Waals surface area contributed by atoms with Gasteiger partial charge in [-0.3, -0.25) is 4.98 Å². The highest BCUT2D eigenvalue weighted by Gasteiger charge is 2.26. The van der Waals surface area contributed by atoms with Crippen molar-refractivity contribution in [3.63, 3.8) is 0 Å². The highest BCUT2D eigenvalue weighted by Crippen LogP contribution is 2.31. The Kier molecular flexibility index (Phi) is 3.67. The number of rotatable bonds is 3. The summed E-state index contributed by atoms with van der Waals surface area (Å²) in [7, 11) is 0. The summed E-state index contributed by atoms with van der Waals surface area (Å²) in [5, 5.41) is 3.50. The molecular formula is C14H17BrN2. The number of hydrogen-bond acceptors (Lipinski definition) is 2. The van der Waals surface area contributed by atoms with Gasteiger partial charge in [-0.1, -0.05) is 35.8 Å². The van der Waals surface area contributed by atoms with Gasteiger partial charge in [0.05, 0.1) is 11.4 Å². The van der Waals surface area contributed by atoms with Gasteiger partial charge in [0.15, 0.2) is 0 Å². The Balaban J connectivity index is 2.37. The average Bonchev–Trinajstić information content (AvgIpc) is 2.39. The maximum Gasteiger partial charge on any atom is 0.112 e. The van der Waals surface area contributed by atoms with Crippen LogP contribution >= 0.6 is 15.9 Å². The first kappa shape index (κ1) is 12.4. The van der Waals surface area contributed by atoms with Gasteiger partial charge in [-0.25, -0.2) is 0 Å². The lowest BCUT2D eigenvalue weighted by Gasteiger charge is -2.31. The highest BCUT2D eigenvalue weighted by atomic mass is 79.9. The molecule has 1 aliphatic rings. The van der Waals surface area contributed by atoms with Crippen LogP contribution in [0.4, 0.5) is 0 Å². The fourth-order valence-corrected chi connectivity index (χ4v) is 2.38. The number of aromatic nitrogens is 1. The predicted octanol–water partition coefficient (Wildman–Crippen LogP) is 3.86. The van der Waals surface area contributed by atoms with E-state index in [1.165, 1.54) is 5.57 Å². The molecule has 1 aromatic heterocycles. The molecule has 0 spiro atoms. The summed E-state index contributed by atoms with van der Waals surface area (Å²) >= 11 is 3.76. The van der Waals surface area contributed by atoms with Crippen LogP contribution in [0.5, 0.6) is 0 Å². The Hall–Kier alpha value is -1.09. The van der Waals surface area contributed by atoms with Crippen LogP contribution in [0.1, 0.15) is 32.4 Å². The number of halogens is 1. The molecule has 17 heavy (non-hydrogen) atoms. The normalized spacial score (nSPS) is 23.7. The minimum Gasteiger partial charge on any atom is -0.365 e. The van der Waals surface area contributed by atoms with Crippen molar-refractivity contribution in [2.24, 2.45) is 0 Å². The van der Waals surface area contributed by atoms with Gasteiger partial charge in [0, 0.05) is 6.20 Å². The third-order valence-electron chi connectivity index (χ3n) is 2.95. The molecule has 90 valence electrons. The molecule has 1 aliphatic heterocycles. The summed E-state index contributed by atoms with van der Waals surface area (Å²) in [6, 6.07) is 5.97. The van der Waals surface area contributed by atoms with Crippen LogP contribution in [0.2, 0.25) is 0 Å². The second-order valence-electron chi connectivity index (χ2n) is 4.19. The lowest BCUT2D eigenvalue weighted by molar-refractivity contribution is 0.631. The first-order valence-corrected chi connectivity index (χ1v) is 6.78. The summed E-state index contributed by atoms with van der Waals surface area (Å²) in [6.07, 6.45) is 8.27. The SMILES string of the molecule is CCC1=CC(Br)(CC)NC(c2ccccn2)=C1. The predicted molar refractivity (Wildman–Crippen MR) is 75.7 cm³/mol. The molecule has 0 saturated carbocycles. The van der Waals surface area contributed by atoms with Crippen LogP contribution < -0.4 is 5.32 Å². The molecule has 0 saturated heterocycles. The number of nitrogens with zero attached hydrogens (tertiary/aromatic N) is 1. The fraction of sp³-hybridized carbons (Fsp3) is 0.357. The van der Waals surface area contributed by atoms with E-state index >= 15 is 0 Å². The Labute approximate surface area is 111 Å². The summed E-state index contributed by atoms with van der Waals surface area (Å²) in [6.45, 7) is 4.33. The molecule has 0 radical (unpaired) electrons. The zero-order valence-corrected chi connectivity index (χ0v) is 11.8. The van der Waals surface area contributed by atoms with E-state index in [0.717, 1.165) is 24.2 Å². The van der Waals surface area contributed by atoms with Gasteiger partial charge in [0.25, 0.3) is 0 Å². The van der Waals surface area contributed by atoms with Crippen LogP contribution in [-0.2, 0) is 0 Å². The molecule has 1 N–H and O–H groups in total. The minimum atomic E-state index is -0.139. The number of hydrogen-bond donors (Lipinski definition) is 1. The van der Waals surface area contributed by atoms with Crippen molar-refractivity contribution >= 4 is 21.6 Å². The average molecular weight is 293 g/mol. The second-order valence-corrected chi connectivity index (χ2v) is 5.60. The van der Waals surface area contributed by atoms with E-state index in [1.54, 1.807) is 0 Å². The van der Waals surface area contributed by atoms with Crippen LogP contribution in [0.25, 0.3) is 5.70 Å². The third-order valence-corrected chi connectivity index (χ3v) is 3.94. The molecular weight excluding hydrogens is 276 g/mol. The van der Waals surface area contributed by atoms with E-state index in [9.17, 15) is 0 Å². The molecule has 2 rings (SSSR count). The van der Waals surface area contributed by atoms with E-state index in [0.29, 0.717) is 0 Å². The lowest BCUT2D eigenvalue weighted by atomic mass is 10.0. The maximum atomic E-state index is 4.39. The molecule has 0 fully saturated rings. The van der Waals surface area contributed by atoms with E-state index in [2.05, 4.69) is 52.2 Å². The van der Waals surface area contributed by atoms with E-state index < -0.39 is 0 Å². The third kappa shape index (κ3) is 2.78. The molecule has 1 unspecified atom stereocenters. The fourth-order valence-electron chi connectivity index (χ4n) is 1.87. The maximum absolute atomic E-state index is 4.39. The largest absolute Gasteiger partial charge is 0.365 e. The molecule has 0 aliphatic carbocycles. The molecule has 1 atom stereocenters. The molecule has 3 heteroatoms. The smallest absolute Gasteiger partial charge is 0.112 e. The van der Waals surface area contributed by atoms with Crippen LogP contribution in [0, 0.1) is 0 Å². The van der Waals surface area contributed by atoms with E-state index in [4.69, 9.17) is 0 Å². The highest BCUT2D eigenvalue weighted by molar-refractivity contribution is 9.10. The van der Waals surface area contributed by atoms with Crippen molar-refractivity contribution in [1.82, 2.24) is 10.3 Å². The number of nitrogens with one attached hydrogen (secondary N) is 1. The summed E-state index contributed by atoms with van der Waals surface area (Å²) < 4.78 is -0.139. The van der Waals surface area contributed by atoms with Crippen molar-refractivity contribution in [2.75, 3.05) is 0 Å². The molecule has 0 bridgehead atoms. The number of alkyl halides is 1. The van der Waals surface area contributed by atoms with Crippen molar-refractivity contribution in [3.05, 3.63) is 47.8 Å². The number of pyridine rings is 1. The summed E-state index contributed by atoms with van der Waals surface area (Å²) in [4.78, 5) is 4.39. The van der Waals surface area contributed by atoms with Crippen molar-refractivity contribution in [2.45, 2.75) is 31.1 Å². The van der Waals surface area contributed by atoms with Crippen molar-refractivity contribution in [3.8, 4) is 0 Å². The van der Waals surface area contributed by atoms with Gasteiger partial charge in [-0.15, -0.1) is 0 Å². The van der Waals surface area contributed by atoms with Gasteiger partial charge < -0.3 is 5.32 Å². The zero-order valence-electron chi connectivity index (χ0n) is 10.2. The van der Waals surface area contributed by atoms with Crippen LogP contribution in [0.15, 0.2) is 42.1 Å². The van der Waals surface area contributed by atoms with Crippen LogP contribution in [0.3, 0.4) is 0 Å². The van der Waals surface area contributed by atoms with E-state index in [1.807, 2.05) is 24.4 Å². The second kappa shape index (κ2) is 5.05. The lowest BCUT2D eigenvalue weighted by Crippen LogP contribution is -2.38. The Morgan fingerprint density at radius 3 is 2.76 bits per heavy atom. The van der Waals surface area contributed by atoms with Gasteiger partial charge >= 0.3 is 0 Å². The molecule has 2 nitrogen and oxygen atoms in total. The summed E-state index contributed by atoms with van der Waals surface area (Å²) in [5.41, 5.74) is 3.41. The first-order valence-electron chi connectivity index (χ1n) is 5.99. The van der Waals surface area contributed by atoms with Crippen LogP contribution in [-0.4, -0.2) is 9.43 Å². The topological polar surface area (TPSA) is 24.9 Å². The Morgan fingerprint density at radius 2 is 2.18 bits per heavy atom. The standard InChI is InChI=1S/C14H17BrN2/c1-3-11-9-13(12-7-5-6-8-16-12)17-14(15,4-2)10-11/h5-10,17H,3-4H2,1-2H3. The monoisotopic (exact) mass is 292 g/mol. The minimum absolute atomic E-state index is 0.139. The van der Waals surface area contributed by atoms with Gasteiger partial charge in [0.1, 0.15) is 4.45 Å². The molecule has 0 amide bonds. The van der Waals surface area contributed by atoms with Gasteiger partial charge in [-0.05, 0) is 42.7 Å². The first-order chi connectivity index (χ1) is 8.17. The molecule has 1 aromatic rings. The zero-order chi connectivity index (χ0) is 12.3. The van der Waals surface area contributed by atoms with Gasteiger partial charge in [0.2, 0.25) is 0 Å². The molecule has 2 heterocycles. The number of allylic oxidation sites excluding steroid dienone is 2. The summed E-state index contributed by atoms with van der Waals surface area (Å²) in [5.74, 6) is 0. The quantitative estimate of drug-likeness (QED) is 0.676. The van der Waals surface area contributed by atoms with Gasteiger partial charge in [-0.2, -0.15) is 0 Å².